The Balaban J connectivity index is 0.000000168. The number of ether oxygens (including phenoxy) is 3. The molecule has 0 radical (unpaired) electrons. The molecule has 49 heavy (non-hydrogen) atoms. The third-order valence-corrected chi connectivity index (χ3v) is 24.5. The number of aryl methyl sites for hydroxylation is 1. The summed E-state index contributed by atoms with van der Waals surface area (Å²) in [5.41, 5.74) is 1.81. The van der Waals surface area contributed by atoms with Gasteiger partial charge in [0, 0.05) is 34.8 Å². The molecule has 256 valence electrons. The van der Waals surface area contributed by atoms with E-state index in [1.54, 1.807) is 25.6 Å². The van der Waals surface area contributed by atoms with E-state index in [9.17, 15) is 14.4 Å². The first-order valence-electron chi connectivity index (χ1n) is 14.5. The van der Waals surface area contributed by atoms with Crippen LogP contribution in [0.3, 0.4) is 0 Å². The van der Waals surface area contributed by atoms with Gasteiger partial charge in [0.25, 0.3) is 0 Å². The second-order valence-electron chi connectivity index (χ2n) is 11.3. The van der Waals surface area contributed by atoms with E-state index in [0.717, 1.165) is 34.8 Å². The third kappa shape index (κ3) is 8.95. The molecular weight excluding hydrogens is 927 g/mol. The van der Waals surface area contributed by atoms with Crippen molar-refractivity contribution in [3.63, 3.8) is 0 Å². The number of rotatable bonds is 6. The number of hydrogen-bond acceptors (Lipinski definition) is 13. The summed E-state index contributed by atoms with van der Waals surface area (Å²) in [6.45, 7) is 2.19. The maximum atomic E-state index is 11.9. The molecular formula is C34H31BrO6S7Sn. The van der Waals surface area contributed by atoms with E-state index in [2.05, 4.69) is 66.7 Å². The molecule has 7 aromatic rings. The van der Waals surface area contributed by atoms with Gasteiger partial charge in [-0.05, 0) is 62.4 Å². The summed E-state index contributed by atoms with van der Waals surface area (Å²) >= 11 is 12.8. The topological polar surface area (TPSA) is 78.9 Å². The molecule has 0 aliphatic rings. The Morgan fingerprint density at radius 2 is 1.02 bits per heavy atom. The molecule has 0 saturated heterocycles. The van der Waals surface area contributed by atoms with Crippen LogP contribution in [0, 0.1) is 6.92 Å². The van der Waals surface area contributed by atoms with Gasteiger partial charge in [0.1, 0.15) is 14.6 Å². The predicted octanol–water partition coefficient (Wildman–Crippen LogP) is 12.1. The average molecular weight is 959 g/mol. The van der Waals surface area contributed by atoms with Gasteiger partial charge in [0.15, 0.2) is 0 Å². The van der Waals surface area contributed by atoms with Crippen molar-refractivity contribution >= 4 is 153 Å². The molecule has 0 aromatic carbocycles. The quantitative estimate of drug-likeness (QED) is 0.0939. The van der Waals surface area contributed by atoms with Crippen LogP contribution < -0.4 is 2.89 Å². The van der Waals surface area contributed by atoms with Crippen molar-refractivity contribution in [2.24, 2.45) is 0 Å². The van der Waals surface area contributed by atoms with E-state index in [1.165, 1.54) is 69.6 Å². The van der Waals surface area contributed by atoms with E-state index in [0.29, 0.717) is 14.6 Å². The molecule has 7 aromatic heterocycles. The number of thiophene rings is 7. The van der Waals surface area contributed by atoms with E-state index in [4.69, 9.17) is 9.47 Å². The number of hydrogen-bond donors (Lipinski definition) is 0. The molecule has 0 fully saturated rings. The fraction of sp³-hybridized carbons (Fsp3) is 0.206. The van der Waals surface area contributed by atoms with Gasteiger partial charge in [0.05, 0.1) is 21.3 Å². The molecule has 0 aliphatic carbocycles. The zero-order valence-electron chi connectivity index (χ0n) is 27.5. The van der Waals surface area contributed by atoms with Crippen LogP contribution >= 0.6 is 95.3 Å². The summed E-state index contributed by atoms with van der Waals surface area (Å²) in [5, 5.41) is 5.62. The first-order valence-corrected chi connectivity index (χ1v) is 31.2. The fourth-order valence-electron chi connectivity index (χ4n) is 4.47. The summed E-state index contributed by atoms with van der Waals surface area (Å²) in [7, 11) is 4.16. The van der Waals surface area contributed by atoms with Crippen molar-refractivity contribution in [1.82, 2.24) is 0 Å². The zero-order valence-corrected chi connectivity index (χ0v) is 37.6. The van der Waals surface area contributed by atoms with Gasteiger partial charge in [-0.1, -0.05) is 0 Å². The number of carbonyl (C=O) groups excluding carboxylic acids is 3. The summed E-state index contributed by atoms with van der Waals surface area (Å²) in [6, 6.07) is 14.7. The van der Waals surface area contributed by atoms with Crippen LogP contribution in [0.15, 0.2) is 63.1 Å². The van der Waals surface area contributed by atoms with Crippen LogP contribution in [0.1, 0.15) is 33.9 Å². The van der Waals surface area contributed by atoms with Crippen LogP contribution in [-0.2, 0) is 14.2 Å². The van der Waals surface area contributed by atoms with E-state index < -0.39 is 18.4 Å². The van der Waals surface area contributed by atoms with Crippen LogP contribution in [0.4, 0.5) is 0 Å². The molecule has 0 aliphatic heterocycles. The SMILES string of the molecule is COC(=O)c1sccc1-c1cc2sc(-c3ccsc3C(=O)OC)cc2s1.COC(=O)c1sccc1Br.Cc1cc2s[c]([Sn]([CH3])([CH3])[CH3])cc2s1. The van der Waals surface area contributed by atoms with Gasteiger partial charge >= 0.3 is 110 Å². The van der Waals surface area contributed by atoms with Crippen molar-refractivity contribution in [3.05, 3.63) is 82.6 Å². The Morgan fingerprint density at radius 1 is 0.592 bits per heavy atom. The average Bonchev–Trinajstić information content (AvgIpc) is 3.90. The van der Waals surface area contributed by atoms with E-state index in [1.807, 2.05) is 57.0 Å². The summed E-state index contributed by atoms with van der Waals surface area (Å²) in [6.07, 6.45) is 0. The number of fused-ring (bicyclic) bond motifs is 2. The second-order valence-corrected chi connectivity index (χ2v) is 34.9. The Morgan fingerprint density at radius 3 is 1.45 bits per heavy atom. The Hall–Kier alpha value is -1.89. The molecule has 7 rings (SSSR count). The predicted molar refractivity (Wildman–Crippen MR) is 220 cm³/mol. The minimum atomic E-state index is -1.78. The molecule has 0 N–H and O–H groups in total. The number of methoxy groups -OCH3 is 3. The summed E-state index contributed by atoms with van der Waals surface area (Å²) in [5.74, 6) is -0.913. The number of halogens is 1. The van der Waals surface area contributed by atoms with Crippen molar-refractivity contribution in [2.45, 2.75) is 21.7 Å². The van der Waals surface area contributed by atoms with E-state index in [-0.39, 0.29) is 17.9 Å². The van der Waals surface area contributed by atoms with Crippen LogP contribution in [0.2, 0.25) is 14.8 Å². The zero-order chi connectivity index (χ0) is 35.5. The van der Waals surface area contributed by atoms with Crippen LogP contribution in [0.25, 0.3) is 39.7 Å². The van der Waals surface area contributed by atoms with Crippen molar-refractivity contribution in [1.29, 1.82) is 0 Å². The van der Waals surface area contributed by atoms with Crippen molar-refractivity contribution < 1.29 is 28.6 Å². The summed E-state index contributed by atoms with van der Waals surface area (Å²) in [4.78, 5) is 47.5. The standard InChI is InChI=1S/C18H12O4S4.C7H5S2.C6H5BrO2S.3CH3.Sn/c1-21-17(19)15-9(3-5-23-15)11-7-13-14(25-11)8-12(26-13)10-4-6-24-16(10)18(20)22-2;1-5-4-7-6(9-5)2-3-8-7;1-9-6(8)5-4(7)2-3-10-5;;;;/h3-8H,1-2H3;2,4H,1H3;2-3H,1H3;3*1H3;. The maximum absolute atomic E-state index is 11.9. The molecule has 0 unspecified atom stereocenters. The fourth-order valence-corrected chi connectivity index (χ4v) is 18.0. The van der Waals surface area contributed by atoms with Gasteiger partial charge in [0.2, 0.25) is 0 Å². The van der Waals surface area contributed by atoms with Gasteiger partial charge in [-0.3, -0.25) is 0 Å². The molecule has 0 atom stereocenters. The molecule has 6 nitrogen and oxygen atoms in total. The molecule has 0 bridgehead atoms. The van der Waals surface area contributed by atoms with Gasteiger partial charge in [-0.2, -0.15) is 0 Å². The first kappa shape index (κ1) is 38.3. The molecule has 0 spiro atoms. The van der Waals surface area contributed by atoms with Crippen LogP contribution in [-0.4, -0.2) is 57.6 Å². The van der Waals surface area contributed by atoms with Crippen molar-refractivity contribution in [2.75, 3.05) is 21.3 Å². The van der Waals surface area contributed by atoms with Gasteiger partial charge in [-0.25, -0.2) is 14.4 Å². The van der Waals surface area contributed by atoms with Gasteiger partial charge < -0.3 is 14.2 Å². The van der Waals surface area contributed by atoms with Crippen molar-refractivity contribution in [3.8, 4) is 20.9 Å². The van der Waals surface area contributed by atoms with E-state index >= 15 is 0 Å². The monoisotopic (exact) mass is 958 g/mol. The Kier molecular flexibility index (Phi) is 13.0. The minimum absolute atomic E-state index is 0.290. The first-order chi connectivity index (χ1) is 23.3. The molecule has 0 saturated carbocycles. The Bertz CT molecular complexity index is 2090. The van der Waals surface area contributed by atoms with Gasteiger partial charge in [-0.15, -0.1) is 56.7 Å². The second kappa shape index (κ2) is 16.6. The number of esters is 3. The molecule has 15 heteroatoms. The Labute approximate surface area is 324 Å². The third-order valence-electron chi connectivity index (χ3n) is 6.87. The molecule has 7 heterocycles. The normalized spacial score (nSPS) is 11.1. The number of carbonyl (C=O) groups is 3. The summed E-state index contributed by atoms with van der Waals surface area (Å²) < 4.78 is 22.0. The molecule has 0 amide bonds. The van der Waals surface area contributed by atoms with Crippen LogP contribution in [0.5, 0.6) is 0 Å².